The Morgan fingerprint density at radius 2 is 2.18 bits per heavy atom. The van der Waals surface area contributed by atoms with Gasteiger partial charge in [0, 0.05) is 23.9 Å². The molecule has 0 radical (unpaired) electrons. The number of amides is 1. The fourth-order valence-electron chi connectivity index (χ4n) is 1.68. The number of benzene rings is 1. The second-order valence-corrected chi connectivity index (χ2v) is 3.84. The number of fused-ring (bicyclic) bond motifs is 1. The van der Waals surface area contributed by atoms with E-state index in [0.717, 1.165) is 17.2 Å². The largest absolute Gasteiger partial charge is 0.351 e. The molecule has 0 saturated carbocycles. The molecule has 4 heteroatoms. The van der Waals surface area contributed by atoms with Gasteiger partial charge in [-0.3, -0.25) is 4.79 Å². The van der Waals surface area contributed by atoms with Gasteiger partial charge in [-0.15, -0.1) is 0 Å². The van der Waals surface area contributed by atoms with Crippen LogP contribution in [0.3, 0.4) is 0 Å². The summed E-state index contributed by atoms with van der Waals surface area (Å²) in [5.74, 6) is -0.132. The number of nitrogens with one attached hydrogen (secondary N) is 2. The lowest BCUT2D eigenvalue weighted by atomic mass is 10.2. The standard InChI is InChI=1S/C13H14N2O2/c16-8-4-3-7-14-13(17)12-9-10-5-1-2-6-11(10)15-12/h1-2,5-6,8-9,15H,3-4,7H2,(H,14,17). The Morgan fingerprint density at radius 1 is 1.35 bits per heavy atom. The van der Waals surface area contributed by atoms with Crippen LogP contribution in [0.15, 0.2) is 30.3 Å². The monoisotopic (exact) mass is 230 g/mol. The molecule has 0 aliphatic rings. The van der Waals surface area contributed by atoms with Gasteiger partial charge in [-0.05, 0) is 18.6 Å². The summed E-state index contributed by atoms with van der Waals surface area (Å²) in [4.78, 5) is 24.9. The maximum atomic E-state index is 11.7. The van der Waals surface area contributed by atoms with Gasteiger partial charge in [0.2, 0.25) is 0 Å². The van der Waals surface area contributed by atoms with Crippen molar-refractivity contribution in [3.8, 4) is 0 Å². The number of rotatable bonds is 5. The highest BCUT2D eigenvalue weighted by molar-refractivity contribution is 5.97. The van der Waals surface area contributed by atoms with Gasteiger partial charge in [-0.1, -0.05) is 18.2 Å². The van der Waals surface area contributed by atoms with E-state index < -0.39 is 0 Å². The molecule has 0 fully saturated rings. The Hall–Kier alpha value is -2.10. The SMILES string of the molecule is O=CCCCNC(=O)c1cc2ccccc2[nH]1. The molecule has 0 aliphatic carbocycles. The molecule has 1 aromatic carbocycles. The van der Waals surface area contributed by atoms with Crippen LogP contribution in [0.5, 0.6) is 0 Å². The van der Waals surface area contributed by atoms with Crippen LogP contribution < -0.4 is 5.32 Å². The van der Waals surface area contributed by atoms with E-state index in [1.807, 2.05) is 30.3 Å². The Bertz CT molecular complexity index is 498. The summed E-state index contributed by atoms with van der Waals surface area (Å²) >= 11 is 0. The molecule has 1 amide bonds. The number of unbranched alkanes of at least 4 members (excludes halogenated alkanes) is 1. The first kappa shape index (κ1) is 11.4. The number of para-hydroxylation sites is 1. The van der Waals surface area contributed by atoms with E-state index >= 15 is 0 Å². The van der Waals surface area contributed by atoms with Crippen molar-refractivity contribution in [3.63, 3.8) is 0 Å². The smallest absolute Gasteiger partial charge is 0.267 e. The van der Waals surface area contributed by atoms with Crippen molar-refractivity contribution in [3.05, 3.63) is 36.0 Å². The first-order valence-corrected chi connectivity index (χ1v) is 5.61. The Morgan fingerprint density at radius 3 is 2.94 bits per heavy atom. The van der Waals surface area contributed by atoms with Crippen molar-refractivity contribution in [1.29, 1.82) is 0 Å². The lowest BCUT2D eigenvalue weighted by molar-refractivity contribution is -0.107. The minimum atomic E-state index is -0.132. The molecule has 0 bridgehead atoms. The van der Waals surface area contributed by atoms with Crippen LogP contribution in [-0.4, -0.2) is 23.7 Å². The molecule has 1 heterocycles. The van der Waals surface area contributed by atoms with Crippen LogP contribution in [0.1, 0.15) is 23.3 Å². The third-order valence-electron chi connectivity index (χ3n) is 2.56. The minimum Gasteiger partial charge on any atom is -0.351 e. The highest BCUT2D eigenvalue weighted by Crippen LogP contribution is 2.14. The first-order chi connectivity index (χ1) is 8.31. The van der Waals surface area contributed by atoms with E-state index in [2.05, 4.69) is 10.3 Å². The normalized spacial score (nSPS) is 10.4. The van der Waals surface area contributed by atoms with Crippen LogP contribution >= 0.6 is 0 Å². The molecular weight excluding hydrogens is 216 g/mol. The zero-order chi connectivity index (χ0) is 12.1. The van der Waals surface area contributed by atoms with Crippen LogP contribution in [0.2, 0.25) is 0 Å². The van der Waals surface area contributed by atoms with Gasteiger partial charge in [0.1, 0.15) is 12.0 Å². The number of hydrogen-bond donors (Lipinski definition) is 2. The summed E-state index contributed by atoms with van der Waals surface area (Å²) in [6.07, 6.45) is 2.01. The summed E-state index contributed by atoms with van der Waals surface area (Å²) in [5.41, 5.74) is 1.50. The highest BCUT2D eigenvalue weighted by atomic mass is 16.1. The van der Waals surface area contributed by atoms with Crippen molar-refractivity contribution in [2.75, 3.05) is 6.54 Å². The third kappa shape index (κ3) is 2.72. The topological polar surface area (TPSA) is 62.0 Å². The molecule has 17 heavy (non-hydrogen) atoms. The van der Waals surface area contributed by atoms with E-state index in [4.69, 9.17) is 0 Å². The van der Waals surface area contributed by atoms with Crippen molar-refractivity contribution < 1.29 is 9.59 Å². The fourth-order valence-corrected chi connectivity index (χ4v) is 1.68. The van der Waals surface area contributed by atoms with E-state index in [9.17, 15) is 9.59 Å². The van der Waals surface area contributed by atoms with E-state index in [-0.39, 0.29) is 5.91 Å². The number of H-pyrrole nitrogens is 1. The number of hydrogen-bond acceptors (Lipinski definition) is 2. The van der Waals surface area contributed by atoms with E-state index in [1.54, 1.807) is 0 Å². The van der Waals surface area contributed by atoms with Crippen LogP contribution in [-0.2, 0) is 4.79 Å². The maximum Gasteiger partial charge on any atom is 0.267 e. The molecule has 2 aromatic rings. The molecule has 0 atom stereocenters. The number of aromatic nitrogens is 1. The lowest BCUT2D eigenvalue weighted by Gasteiger charge is -2.00. The number of carbonyl (C=O) groups excluding carboxylic acids is 2. The molecule has 2 N–H and O–H groups in total. The molecule has 0 saturated heterocycles. The molecule has 4 nitrogen and oxygen atoms in total. The quantitative estimate of drug-likeness (QED) is 0.608. The molecule has 0 spiro atoms. The van der Waals surface area contributed by atoms with Crippen LogP contribution in [0.25, 0.3) is 10.9 Å². The predicted molar refractivity (Wildman–Crippen MR) is 65.9 cm³/mol. The predicted octanol–water partition coefficient (Wildman–Crippen LogP) is 1.88. The highest BCUT2D eigenvalue weighted by Gasteiger charge is 2.07. The van der Waals surface area contributed by atoms with Gasteiger partial charge in [-0.25, -0.2) is 0 Å². The zero-order valence-corrected chi connectivity index (χ0v) is 9.40. The lowest BCUT2D eigenvalue weighted by Crippen LogP contribution is -2.24. The fraction of sp³-hybridized carbons (Fsp3) is 0.231. The average molecular weight is 230 g/mol. The van der Waals surface area contributed by atoms with Crippen molar-refractivity contribution in [2.45, 2.75) is 12.8 Å². The average Bonchev–Trinajstić information content (AvgIpc) is 2.78. The van der Waals surface area contributed by atoms with E-state index in [1.165, 1.54) is 0 Å². The minimum absolute atomic E-state index is 0.132. The summed E-state index contributed by atoms with van der Waals surface area (Å²) in [6, 6.07) is 9.56. The Kier molecular flexibility index (Phi) is 3.55. The van der Waals surface area contributed by atoms with Gasteiger partial charge in [-0.2, -0.15) is 0 Å². The zero-order valence-electron chi connectivity index (χ0n) is 9.40. The van der Waals surface area contributed by atoms with Gasteiger partial charge in [0.25, 0.3) is 5.91 Å². The van der Waals surface area contributed by atoms with Gasteiger partial charge in [0.15, 0.2) is 0 Å². The first-order valence-electron chi connectivity index (χ1n) is 5.61. The molecule has 88 valence electrons. The Labute approximate surface area is 99.0 Å². The Balaban J connectivity index is 2.01. The van der Waals surface area contributed by atoms with Crippen LogP contribution in [0.4, 0.5) is 0 Å². The maximum absolute atomic E-state index is 11.7. The van der Waals surface area contributed by atoms with Crippen molar-refractivity contribution in [2.24, 2.45) is 0 Å². The number of carbonyl (C=O) groups is 2. The summed E-state index contributed by atoms with van der Waals surface area (Å²) < 4.78 is 0. The third-order valence-corrected chi connectivity index (χ3v) is 2.56. The van der Waals surface area contributed by atoms with Gasteiger partial charge >= 0.3 is 0 Å². The summed E-state index contributed by atoms with van der Waals surface area (Å²) in [5, 5.41) is 3.78. The molecule has 0 unspecified atom stereocenters. The van der Waals surface area contributed by atoms with Crippen molar-refractivity contribution in [1.82, 2.24) is 10.3 Å². The van der Waals surface area contributed by atoms with Gasteiger partial charge < -0.3 is 15.1 Å². The molecule has 1 aromatic heterocycles. The van der Waals surface area contributed by atoms with Crippen molar-refractivity contribution >= 4 is 23.1 Å². The summed E-state index contributed by atoms with van der Waals surface area (Å²) in [6.45, 7) is 0.521. The molecule has 0 aliphatic heterocycles. The van der Waals surface area contributed by atoms with Crippen LogP contribution in [0, 0.1) is 0 Å². The second kappa shape index (κ2) is 5.30. The molecular formula is C13H14N2O2. The number of aldehydes is 1. The second-order valence-electron chi connectivity index (χ2n) is 3.84. The van der Waals surface area contributed by atoms with Gasteiger partial charge in [0.05, 0.1) is 0 Å². The molecule has 2 rings (SSSR count). The number of aromatic amines is 1. The van der Waals surface area contributed by atoms with E-state index in [0.29, 0.717) is 25.1 Å². The summed E-state index contributed by atoms with van der Waals surface area (Å²) in [7, 11) is 0.